The molecule has 6 aromatic rings. The first-order valence-corrected chi connectivity index (χ1v) is 27.0. The van der Waals surface area contributed by atoms with Gasteiger partial charge in [0.15, 0.2) is 0 Å². The lowest BCUT2D eigenvalue weighted by molar-refractivity contribution is -0.141. The van der Waals surface area contributed by atoms with Crippen LogP contribution >= 0.6 is 23.5 Å². The summed E-state index contributed by atoms with van der Waals surface area (Å²) in [5.41, 5.74) is 6.26. The van der Waals surface area contributed by atoms with E-state index in [1.54, 1.807) is 45.5 Å². The van der Waals surface area contributed by atoms with Gasteiger partial charge in [-0.05, 0) is 57.4 Å². The van der Waals surface area contributed by atoms with Crippen molar-refractivity contribution in [1.82, 2.24) is 21.3 Å². The molecule has 0 saturated carbocycles. The third kappa shape index (κ3) is 14.6. The largest absolute Gasteiger partial charge is 0.468 e. The number of hydrogen-bond acceptors (Lipinski definition) is 9. The zero-order chi connectivity index (χ0) is 52.9. The van der Waals surface area contributed by atoms with E-state index < -0.39 is 81.7 Å². The topological polar surface area (TPSA) is 163 Å². The number of allylic oxidation sites excluding steroid dienone is 1. The number of carbonyl (C=O) groups is 5. The first kappa shape index (κ1) is 56.4. The summed E-state index contributed by atoms with van der Waals surface area (Å²) in [5.74, 6) is -3.16. The summed E-state index contributed by atoms with van der Waals surface area (Å²) in [6, 6.07) is 57.6. The molecule has 6 aromatic carbocycles. The Balaban J connectivity index is 1.19. The Morgan fingerprint density at radius 1 is 0.527 bits per heavy atom. The highest BCUT2D eigenvalue weighted by Crippen LogP contribution is 2.50. The molecule has 0 fully saturated rings. The molecule has 6 rings (SSSR count). The number of nitrogens with one attached hydrogen (secondary N) is 4. The third-order valence-corrected chi connectivity index (χ3v) is 15.9. The summed E-state index contributed by atoms with van der Waals surface area (Å²) in [4.78, 5) is 68.3. The third-order valence-electron chi connectivity index (χ3n) is 12.7. The summed E-state index contributed by atoms with van der Waals surface area (Å²) in [5, 5.41) is 22.3. The molecular weight excluding hydrogens is 965 g/mol. The van der Waals surface area contributed by atoms with Gasteiger partial charge in [0.2, 0.25) is 23.6 Å². The monoisotopic (exact) mass is 1030 g/mol. The molecule has 4 amide bonds. The van der Waals surface area contributed by atoms with Crippen molar-refractivity contribution < 1.29 is 33.8 Å². The number of amides is 4. The molecule has 0 spiro atoms. The highest BCUT2D eigenvalue weighted by molar-refractivity contribution is 8.00. The zero-order valence-corrected chi connectivity index (χ0v) is 44.3. The van der Waals surface area contributed by atoms with Gasteiger partial charge >= 0.3 is 5.97 Å². The van der Waals surface area contributed by atoms with Crippen LogP contribution in [0.1, 0.15) is 73.9 Å². The number of carbonyl (C=O) groups excluding carboxylic acids is 5. The first-order valence-electron chi connectivity index (χ1n) is 25.0. The fourth-order valence-electron chi connectivity index (χ4n) is 8.88. The Bertz CT molecular complexity index is 2540. The first-order chi connectivity index (χ1) is 35.8. The van der Waals surface area contributed by atoms with Gasteiger partial charge in [0.05, 0.1) is 29.1 Å². The normalized spacial score (nSPS) is 13.4. The predicted molar refractivity (Wildman–Crippen MR) is 298 cm³/mol. The van der Waals surface area contributed by atoms with E-state index in [1.807, 2.05) is 115 Å². The van der Waals surface area contributed by atoms with Crippen LogP contribution in [0.15, 0.2) is 194 Å². The molecule has 0 aliphatic heterocycles. The number of benzene rings is 6. The SMILES string of the molecule is COC(=O)CNC(=O)[C@H](NC(=O)[C@@H](CSC(c1ccccc1)(c1ccccc1)c1ccccc1)NC(=O)[C@H](NC(=O)C[C@H](O)/C=C/CCSC(c1ccccc1)(c1ccccc1)c1ccccc1)C(C)C)C(C)C. The minimum atomic E-state index is -1.23. The fraction of sp³-hybridized carbons (Fsp3) is 0.295. The molecule has 74 heavy (non-hydrogen) atoms. The second-order valence-electron chi connectivity index (χ2n) is 18.6. The van der Waals surface area contributed by atoms with E-state index in [0.29, 0.717) is 12.2 Å². The Kier molecular flexibility index (Phi) is 21.3. The maximum Gasteiger partial charge on any atom is 0.325 e. The molecule has 0 aliphatic rings. The predicted octanol–water partition coefficient (Wildman–Crippen LogP) is 9.19. The highest BCUT2D eigenvalue weighted by atomic mass is 32.2. The molecule has 0 saturated heterocycles. The standard InChI is InChI=1S/C61H68N4O7S2/c1-43(2)55(58(70)62-41-54(68)72-5)65-57(69)52(42-74-61(48-32-18-9-19-33-48,49-34-20-10-21-35-49)50-36-22-11-23-37-50)63-59(71)56(44(3)4)64-53(67)40-51(66)38-24-25-39-73-60(45-26-12-6-13-27-45,46-28-14-7-15-29-46)47-30-16-8-17-31-47/h6-24,26-38,43-44,51-52,55-56,66H,25,39-42H2,1-5H3,(H,62,70)(H,63,71)(H,64,67)(H,65,69)/b38-24+/t51-,52-,55-,56-/m1/s1. The van der Waals surface area contributed by atoms with Crippen LogP contribution in [-0.2, 0) is 38.2 Å². The van der Waals surface area contributed by atoms with Crippen LogP contribution in [0.25, 0.3) is 0 Å². The van der Waals surface area contributed by atoms with Crippen LogP contribution in [0.2, 0.25) is 0 Å². The smallest absolute Gasteiger partial charge is 0.325 e. The number of hydrogen-bond donors (Lipinski definition) is 5. The van der Waals surface area contributed by atoms with Crippen molar-refractivity contribution >= 4 is 53.1 Å². The molecule has 0 aromatic heterocycles. The zero-order valence-electron chi connectivity index (χ0n) is 42.7. The molecule has 5 N–H and O–H groups in total. The fourth-order valence-corrected chi connectivity index (χ4v) is 11.9. The molecule has 11 nitrogen and oxygen atoms in total. The van der Waals surface area contributed by atoms with E-state index in [-0.39, 0.29) is 12.2 Å². The van der Waals surface area contributed by atoms with Crippen molar-refractivity contribution in [3.8, 4) is 0 Å². The van der Waals surface area contributed by atoms with Crippen LogP contribution in [0.3, 0.4) is 0 Å². The molecule has 0 bridgehead atoms. The van der Waals surface area contributed by atoms with Crippen molar-refractivity contribution in [1.29, 1.82) is 0 Å². The lowest BCUT2D eigenvalue weighted by Crippen LogP contribution is -2.59. The molecule has 0 unspecified atom stereocenters. The Morgan fingerprint density at radius 2 is 0.905 bits per heavy atom. The number of methoxy groups -OCH3 is 1. The van der Waals surface area contributed by atoms with E-state index in [4.69, 9.17) is 4.74 Å². The van der Waals surface area contributed by atoms with Gasteiger partial charge in [-0.1, -0.05) is 222 Å². The summed E-state index contributed by atoms with van der Waals surface area (Å²) >= 11 is 3.25. The van der Waals surface area contributed by atoms with Crippen LogP contribution in [0, 0.1) is 11.8 Å². The summed E-state index contributed by atoms with van der Waals surface area (Å²) in [7, 11) is 1.21. The number of ether oxygens (including phenoxy) is 1. The Labute approximate surface area is 444 Å². The van der Waals surface area contributed by atoms with Gasteiger partial charge in [-0.25, -0.2) is 0 Å². The summed E-state index contributed by atoms with van der Waals surface area (Å²) in [6.07, 6.45) is 2.67. The Hall–Kier alpha value is -6.93. The van der Waals surface area contributed by atoms with Gasteiger partial charge in [-0.3, -0.25) is 24.0 Å². The van der Waals surface area contributed by atoms with Crippen LogP contribution in [0.4, 0.5) is 0 Å². The molecule has 386 valence electrons. The van der Waals surface area contributed by atoms with Crippen molar-refractivity contribution in [2.45, 2.75) is 74.3 Å². The average Bonchev–Trinajstić information content (AvgIpc) is 3.43. The molecule has 4 atom stereocenters. The second kappa shape index (κ2) is 27.9. The van der Waals surface area contributed by atoms with Gasteiger partial charge < -0.3 is 31.1 Å². The number of aliphatic hydroxyl groups excluding tert-OH is 1. The second-order valence-corrected chi connectivity index (χ2v) is 21.1. The molecular formula is C61H68N4O7S2. The number of rotatable bonds is 26. The van der Waals surface area contributed by atoms with E-state index in [2.05, 4.69) is 94.1 Å². The summed E-state index contributed by atoms with van der Waals surface area (Å²) in [6.45, 7) is 6.70. The van der Waals surface area contributed by atoms with Crippen molar-refractivity contribution in [2.24, 2.45) is 11.8 Å². The quantitative estimate of drug-likeness (QED) is 0.0154. The average molecular weight is 1030 g/mol. The van der Waals surface area contributed by atoms with Crippen molar-refractivity contribution in [3.63, 3.8) is 0 Å². The maximum absolute atomic E-state index is 14.7. The van der Waals surface area contributed by atoms with E-state index >= 15 is 0 Å². The van der Waals surface area contributed by atoms with E-state index in [1.165, 1.54) is 18.9 Å². The number of aliphatic hydroxyl groups is 1. The van der Waals surface area contributed by atoms with E-state index in [0.717, 1.165) is 33.4 Å². The van der Waals surface area contributed by atoms with Gasteiger partial charge in [-0.2, -0.15) is 0 Å². The minimum absolute atomic E-state index is 0.0224. The molecule has 0 heterocycles. The molecule has 13 heteroatoms. The van der Waals surface area contributed by atoms with E-state index in [9.17, 15) is 29.1 Å². The van der Waals surface area contributed by atoms with Gasteiger partial charge in [0.1, 0.15) is 24.7 Å². The lowest BCUT2D eigenvalue weighted by atomic mass is 9.84. The van der Waals surface area contributed by atoms with Gasteiger partial charge in [0.25, 0.3) is 0 Å². The van der Waals surface area contributed by atoms with Crippen molar-refractivity contribution in [3.05, 3.63) is 228 Å². The molecule has 0 aliphatic carbocycles. The number of thioether (sulfide) groups is 2. The maximum atomic E-state index is 14.7. The van der Waals surface area contributed by atoms with Crippen LogP contribution in [0.5, 0.6) is 0 Å². The van der Waals surface area contributed by atoms with Gasteiger partial charge in [-0.15, -0.1) is 23.5 Å². The lowest BCUT2D eigenvalue weighted by Gasteiger charge is -2.37. The Morgan fingerprint density at radius 3 is 1.28 bits per heavy atom. The minimum Gasteiger partial charge on any atom is -0.468 e. The van der Waals surface area contributed by atoms with Gasteiger partial charge in [0, 0.05) is 5.75 Å². The molecule has 0 radical (unpaired) electrons. The highest BCUT2D eigenvalue weighted by Gasteiger charge is 2.41. The van der Waals surface area contributed by atoms with Crippen molar-refractivity contribution in [2.75, 3.05) is 25.2 Å². The van der Waals surface area contributed by atoms with Crippen LogP contribution in [-0.4, -0.2) is 84.1 Å². The number of esters is 1. The van der Waals surface area contributed by atoms with Crippen LogP contribution < -0.4 is 21.3 Å². The summed E-state index contributed by atoms with van der Waals surface area (Å²) < 4.78 is 3.34.